The number of benzene rings is 1. The Balaban J connectivity index is 1.91. The van der Waals surface area contributed by atoms with Gasteiger partial charge in [-0.15, -0.1) is 0 Å². The highest BCUT2D eigenvalue weighted by Gasteiger charge is 2.07. The third-order valence-electron chi connectivity index (χ3n) is 9.80. The predicted molar refractivity (Wildman–Crippen MR) is 195 cm³/mol. The van der Waals surface area contributed by atoms with Gasteiger partial charge in [-0.3, -0.25) is 0 Å². The lowest BCUT2D eigenvalue weighted by atomic mass is 9.98. The molecular formula is C42H78O. The van der Waals surface area contributed by atoms with Crippen molar-refractivity contribution in [3.8, 4) is 5.75 Å². The highest BCUT2D eigenvalue weighted by Crippen LogP contribution is 2.26. The van der Waals surface area contributed by atoms with Crippen LogP contribution in [0.4, 0.5) is 0 Å². The largest absolute Gasteiger partial charge is 0.507 e. The average Bonchev–Trinajstić information content (AvgIpc) is 3.02. The maximum absolute atomic E-state index is 10.8. The van der Waals surface area contributed by atoms with Gasteiger partial charge in [0.2, 0.25) is 0 Å². The predicted octanol–water partition coefficient (Wildman–Crippen LogP) is 15.0. The highest BCUT2D eigenvalue weighted by molar-refractivity contribution is 5.40. The van der Waals surface area contributed by atoms with Gasteiger partial charge in [-0.05, 0) is 36.8 Å². The molecule has 0 unspecified atom stereocenters. The zero-order chi connectivity index (χ0) is 30.9. The summed E-state index contributed by atoms with van der Waals surface area (Å²) in [5, 5.41) is 10.8. The lowest BCUT2D eigenvalue weighted by Gasteiger charge is -2.10. The van der Waals surface area contributed by atoms with Crippen molar-refractivity contribution in [1.82, 2.24) is 0 Å². The van der Waals surface area contributed by atoms with Crippen LogP contribution in [0.3, 0.4) is 0 Å². The van der Waals surface area contributed by atoms with E-state index in [1.165, 1.54) is 217 Å². The van der Waals surface area contributed by atoms with Gasteiger partial charge in [-0.25, -0.2) is 0 Å². The first kappa shape index (κ1) is 40.0. The number of unbranched alkanes of at least 4 members (excludes halogenated alkanes) is 30. The van der Waals surface area contributed by atoms with Gasteiger partial charge < -0.3 is 5.11 Å². The zero-order valence-electron chi connectivity index (χ0n) is 29.7. The van der Waals surface area contributed by atoms with Gasteiger partial charge >= 0.3 is 0 Å². The molecule has 0 heterocycles. The Morgan fingerprint density at radius 1 is 0.326 bits per heavy atom. The van der Waals surface area contributed by atoms with Gasteiger partial charge in [0.1, 0.15) is 5.75 Å². The Morgan fingerprint density at radius 2 is 0.535 bits per heavy atom. The molecule has 43 heavy (non-hydrogen) atoms. The molecule has 0 bridgehead atoms. The van der Waals surface area contributed by atoms with Crippen molar-refractivity contribution in [2.75, 3.05) is 0 Å². The molecular weight excluding hydrogens is 520 g/mol. The minimum absolute atomic E-state index is 0.601. The Morgan fingerprint density at radius 3 is 0.767 bits per heavy atom. The van der Waals surface area contributed by atoms with E-state index in [0.29, 0.717) is 5.75 Å². The standard InChI is InChI=1S/C42H78O/c1-3-5-7-9-11-13-15-17-19-21-23-25-27-29-31-33-36-40-38-35-39-41(42(40)43)37-34-32-30-28-26-24-22-20-18-16-14-12-10-8-6-4-2/h35,38-39,43H,3-34,36-37H2,1-2H3. The van der Waals surface area contributed by atoms with E-state index in [1.54, 1.807) is 0 Å². The van der Waals surface area contributed by atoms with Crippen LogP contribution in [0.25, 0.3) is 0 Å². The van der Waals surface area contributed by atoms with Crippen molar-refractivity contribution in [1.29, 1.82) is 0 Å². The molecule has 1 heteroatoms. The fourth-order valence-corrected chi connectivity index (χ4v) is 6.78. The summed E-state index contributed by atoms with van der Waals surface area (Å²) in [5.74, 6) is 0.601. The molecule has 0 atom stereocenters. The van der Waals surface area contributed by atoms with E-state index in [9.17, 15) is 5.11 Å². The van der Waals surface area contributed by atoms with Gasteiger partial charge in [-0.1, -0.05) is 225 Å². The number of phenolic OH excluding ortho intramolecular Hbond substituents is 1. The van der Waals surface area contributed by atoms with Crippen LogP contribution < -0.4 is 0 Å². The molecule has 0 aliphatic heterocycles. The quantitative estimate of drug-likeness (QED) is 0.0782. The molecule has 0 radical (unpaired) electrons. The molecule has 1 nitrogen and oxygen atoms in total. The van der Waals surface area contributed by atoms with Gasteiger partial charge in [0.25, 0.3) is 0 Å². The first-order valence-electron chi connectivity index (χ1n) is 20.1. The molecule has 0 saturated carbocycles. The number of aryl methyl sites for hydroxylation is 2. The molecule has 0 aliphatic carbocycles. The molecule has 1 N–H and O–H groups in total. The Labute approximate surface area is 271 Å². The van der Waals surface area contributed by atoms with E-state index in [-0.39, 0.29) is 0 Å². The van der Waals surface area contributed by atoms with Crippen LogP contribution >= 0.6 is 0 Å². The van der Waals surface area contributed by atoms with E-state index in [1.807, 2.05) is 0 Å². The minimum Gasteiger partial charge on any atom is -0.507 e. The third kappa shape index (κ3) is 26.0. The molecule has 0 saturated heterocycles. The van der Waals surface area contributed by atoms with E-state index in [0.717, 1.165) is 12.8 Å². The van der Waals surface area contributed by atoms with E-state index < -0.39 is 0 Å². The number of aromatic hydroxyl groups is 1. The zero-order valence-corrected chi connectivity index (χ0v) is 29.7. The van der Waals surface area contributed by atoms with Crippen LogP contribution in [0.2, 0.25) is 0 Å². The summed E-state index contributed by atoms with van der Waals surface area (Å²) in [5.41, 5.74) is 2.36. The summed E-state index contributed by atoms with van der Waals surface area (Å²) in [6.45, 7) is 4.60. The summed E-state index contributed by atoms with van der Waals surface area (Å²) in [4.78, 5) is 0. The topological polar surface area (TPSA) is 20.2 Å². The second-order valence-corrected chi connectivity index (χ2v) is 14.0. The van der Waals surface area contributed by atoms with E-state index in [4.69, 9.17) is 0 Å². The van der Waals surface area contributed by atoms with E-state index in [2.05, 4.69) is 32.0 Å². The van der Waals surface area contributed by atoms with Crippen LogP contribution in [0.15, 0.2) is 18.2 Å². The van der Waals surface area contributed by atoms with Crippen molar-refractivity contribution >= 4 is 0 Å². The smallest absolute Gasteiger partial charge is 0.121 e. The lowest BCUT2D eigenvalue weighted by molar-refractivity contribution is 0.456. The summed E-state index contributed by atoms with van der Waals surface area (Å²) in [7, 11) is 0. The normalized spacial score (nSPS) is 11.5. The van der Waals surface area contributed by atoms with Gasteiger partial charge in [-0.2, -0.15) is 0 Å². The number of hydrogen-bond acceptors (Lipinski definition) is 1. The summed E-state index contributed by atoms with van der Waals surface area (Å²) < 4.78 is 0. The highest BCUT2D eigenvalue weighted by atomic mass is 16.3. The minimum atomic E-state index is 0.601. The van der Waals surface area contributed by atoms with Crippen molar-refractivity contribution in [2.45, 2.75) is 232 Å². The molecule has 0 aliphatic rings. The molecule has 0 amide bonds. The van der Waals surface area contributed by atoms with Crippen molar-refractivity contribution in [3.63, 3.8) is 0 Å². The summed E-state index contributed by atoms with van der Waals surface area (Å²) >= 11 is 0. The SMILES string of the molecule is CCCCCCCCCCCCCCCCCCc1cccc(CCCCCCCCCCCCCCCCCC)c1O. The average molecular weight is 599 g/mol. The number of para-hydroxylation sites is 1. The first-order valence-corrected chi connectivity index (χ1v) is 20.1. The summed E-state index contributed by atoms with van der Waals surface area (Å²) in [6.07, 6.45) is 47.1. The number of hydrogen-bond donors (Lipinski definition) is 1. The van der Waals surface area contributed by atoms with Gasteiger partial charge in [0.15, 0.2) is 0 Å². The van der Waals surface area contributed by atoms with Crippen LogP contribution in [0.5, 0.6) is 5.75 Å². The molecule has 1 aromatic rings. The van der Waals surface area contributed by atoms with Crippen LogP contribution in [-0.4, -0.2) is 5.11 Å². The Kier molecular flexibility index (Phi) is 30.2. The molecule has 0 spiro atoms. The molecule has 1 aromatic carbocycles. The van der Waals surface area contributed by atoms with Crippen LogP contribution in [0, 0.1) is 0 Å². The van der Waals surface area contributed by atoms with Crippen molar-refractivity contribution in [3.05, 3.63) is 29.3 Å². The maximum Gasteiger partial charge on any atom is 0.121 e. The van der Waals surface area contributed by atoms with Crippen molar-refractivity contribution in [2.24, 2.45) is 0 Å². The molecule has 0 fully saturated rings. The molecule has 1 rings (SSSR count). The monoisotopic (exact) mass is 599 g/mol. The fraction of sp³-hybridized carbons (Fsp3) is 0.857. The van der Waals surface area contributed by atoms with E-state index >= 15 is 0 Å². The first-order chi connectivity index (χ1) is 21.3. The molecule has 0 aromatic heterocycles. The van der Waals surface area contributed by atoms with Gasteiger partial charge in [0, 0.05) is 0 Å². The maximum atomic E-state index is 10.8. The second-order valence-electron chi connectivity index (χ2n) is 14.0. The fourth-order valence-electron chi connectivity index (χ4n) is 6.78. The molecule has 252 valence electrons. The third-order valence-corrected chi connectivity index (χ3v) is 9.80. The van der Waals surface area contributed by atoms with Gasteiger partial charge in [0.05, 0.1) is 0 Å². The number of phenols is 1. The number of rotatable bonds is 34. The lowest BCUT2D eigenvalue weighted by Crippen LogP contribution is -1.93. The van der Waals surface area contributed by atoms with Crippen LogP contribution in [-0.2, 0) is 12.8 Å². The summed E-state index contributed by atoms with van der Waals surface area (Å²) in [6, 6.07) is 6.47. The Hall–Kier alpha value is -0.980. The Bertz CT molecular complexity index is 625. The van der Waals surface area contributed by atoms with Crippen LogP contribution in [0.1, 0.15) is 230 Å². The van der Waals surface area contributed by atoms with Crippen molar-refractivity contribution < 1.29 is 5.11 Å². The second kappa shape index (κ2) is 32.4.